The topological polar surface area (TPSA) is 65.1 Å². The smallest absolute Gasteiger partial charge is 0.148 e. The summed E-state index contributed by atoms with van der Waals surface area (Å²) in [5.41, 5.74) is 7.61. The van der Waals surface area contributed by atoms with Gasteiger partial charge in [-0.05, 0) is 32.4 Å². The van der Waals surface area contributed by atoms with Gasteiger partial charge in [0.25, 0.3) is 0 Å². The van der Waals surface area contributed by atoms with Crippen molar-refractivity contribution in [2.45, 2.75) is 26.8 Å². The number of para-hydroxylation sites is 1. The molecule has 0 spiro atoms. The monoisotopic (exact) mass is 274 g/mol. The largest absolute Gasteiger partial charge is 0.494 e. The van der Waals surface area contributed by atoms with Crippen molar-refractivity contribution >= 4 is 11.5 Å². The molecule has 1 aromatic carbocycles. The Morgan fingerprint density at radius 1 is 1.30 bits per heavy atom. The van der Waals surface area contributed by atoms with Gasteiger partial charge in [-0.15, -0.1) is 0 Å². The minimum Gasteiger partial charge on any atom is -0.494 e. The Morgan fingerprint density at radius 2 is 2.05 bits per heavy atom. The molecule has 1 aromatic heterocycles. The molecule has 0 saturated carbocycles. The van der Waals surface area contributed by atoms with Gasteiger partial charge < -0.3 is 15.8 Å². The second-order valence-corrected chi connectivity index (χ2v) is 4.61. The van der Waals surface area contributed by atoms with E-state index in [1.807, 2.05) is 41.9 Å². The van der Waals surface area contributed by atoms with Crippen molar-refractivity contribution in [1.82, 2.24) is 9.78 Å². The number of hydrogen-bond acceptors (Lipinski definition) is 4. The number of aromatic nitrogens is 2. The van der Waals surface area contributed by atoms with Crippen molar-refractivity contribution in [3.63, 3.8) is 0 Å². The Hall–Kier alpha value is -2.17. The fourth-order valence-electron chi connectivity index (χ4n) is 2.00. The van der Waals surface area contributed by atoms with E-state index in [9.17, 15) is 0 Å². The predicted octanol–water partition coefficient (Wildman–Crippen LogP) is 2.67. The van der Waals surface area contributed by atoms with Crippen LogP contribution in [0.2, 0.25) is 0 Å². The minimum atomic E-state index is 0.677. The highest BCUT2D eigenvalue weighted by Crippen LogP contribution is 2.21. The lowest BCUT2D eigenvalue weighted by Crippen LogP contribution is -2.12. The summed E-state index contributed by atoms with van der Waals surface area (Å²) in [6, 6.07) is 9.83. The van der Waals surface area contributed by atoms with Crippen LogP contribution in [0.1, 0.15) is 19.0 Å². The van der Waals surface area contributed by atoms with Gasteiger partial charge >= 0.3 is 0 Å². The average molecular weight is 274 g/mol. The van der Waals surface area contributed by atoms with Crippen molar-refractivity contribution in [3.05, 3.63) is 36.0 Å². The van der Waals surface area contributed by atoms with Crippen LogP contribution in [0.5, 0.6) is 5.75 Å². The molecule has 0 fully saturated rings. The molecule has 0 aliphatic carbocycles. The van der Waals surface area contributed by atoms with Crippen LogP contribution in [0, 0.1) is 6.92 Å². The Kier molecular flexibility index (Phi) is 4.87. The lowest BCUT2D eigenvalue weighted by atomic mass is 10.3. The highest BCUT2D eigenvalue weighted by molar-refractivity contribution is 5.64. The highest BCUT2D eigenvalue weighted by atomic mass is 16.5. The van der Waals surface area contributed by atoms with Gasteiger partial charge in [0.1, 0.15) is 11.6 Å². The van der Waals surface area contributed by atoms with Gasteiger partial charge in [0, 0.05) is 13.1 Å². The molecule has 5 nitrogen and oxygen atoms in total. The summed E-state index contributed by atoms with van der Waals surface area (Å²) in [7, 11) is 0. The number of benzene rings is 1. The van der Waals surface area contributed by atoms with Crippen LogP contribution in [0.15, 0.2) is 30.3 Å². The zero-order valence-corrected chi connectivity index (χ0v) is 12.1. The van der Waals surface area contributed by atoms with Crippen LogP contribution in [0.25, 0.3) is 0 Å². The first-order valence-electron chi connectivity index (χ1n) is 6.97. The summed E-state index contributed by atoms with van der Waals surface area (Å²) in [5.74, 6) is 1.81. The van der Waals surface area contributed by atoms with Gasteiger partial charge in [-0.1, -0.05) is 18.2 Å². The molecule has 3 N–H and O–H groups in total. The Bertz CT molecular complexity index is 536. The SMILES string of the molecule is CCn1nc(C)c(N)c1NCCCOc1ccccc1. The second kappa shape index (κ2) is 6.84. The summed E-state index contributed by atoms with van der Waals surface area (Å²) in [6.45, 7) is 6.26. The van der Waals surface area contributed by atoms with Crippen molar-refractivity contribution in [2.24, 2.45) is 0 Å². The van der Waals surface area contributed by atoms with E-state index < -0.39 is 0 Å². The number of ether oxygens (including phenoxy) is 1. The number of nitrogens with one attached hydrogen (secondary N) is 1. The molecular formula is C15H22N4O. The van der Waals surface area contributed by atoms with E-state index in [1.54, 1.807) is 0 Å². The van der Waals surface area contributed by atoms with Crippen LogP contribution in [-0.2, 0) is 6.54 Å². The van der Waals surface area contributed by atoms with Gasteiger partial charge in [-0.25, -0.2) is 4.68 Å². The number of aryl methyl sites for hydroxylation is 2. The number of hydrogen-bond donors (Lipinski definition) is 2. The first-order valence-corrected chi connectivity index (χ1v) is 6.97. The van der Waals surface area contributed by atoms with Gasteiger partial charge in [0.15, 0.2) is 0 Å². The Balaban J connectivity index is 1.76. The quantitative estimate of drug-likeness (QED) is 0.762. The van der Waals surface area contributed by atoms with Crippen molar-refractivity contribution < 1.29 is 4.74 Å². The molecule has 0 unspecified atom stereocenters. The van der Waals surface area contributed by atoms with Crippen LogP contribution in [0.4, 0.5) is 11.5 Å². The number of nitrogens with two attached hydrogens (primary N) is 1. The fourth-order valence-corrected chi connectivity index (χ4v) is 2.00. The normalized spacial score (nSPS) is 10.5. The summed E-state index contributed by atoms with van der Waals surface area (Å²) in [4.78, 5) is 0. The average Bonchev–Trinajstić information content (AvgIpc) is 2.75. The zero-order chi connectivity index (χ0) is 14.4. The van der Waals surface area contributed by atoms with Crippen molar-refractivity contribution in [1.29, 1.82) is 0 Å². The molecule has 2 aromatic rings. The molecule has 0 saturated heterocycles. The van der Waals surface area contributed by atoms with E-state index in [-0.39, 0.29) is 0 Å². The number of rotatable bonds is 7. The first kappa shape index (κ1) is 14.2. The lowest BCUT2D eigenvalue weighted by Gasteiger charge is -2.10. The number of nitrogen functional groups attached to an aromatic ring is 1. The van der Waals surface area contributed by atoms with Gasteiger partial charge in [-0.3, -0.25) is 0 Å². The molecule has 0 aliphatic heterocycles. The molecule has 0 radical (unpaired) electrons. The van der Waals surface area contributed by atoms with Crippen molar-refractivity contribution in [3.8, 4) is 5.75 Å². The van der Waals surface area contributed by atoms with Crippen LogP contribution >= 0.6 is 0 Å². The molecule has 20 heavy (non-hydrogen) atoms. The highest BCUT2D eigenvalue weighted by Gasteiger charge is 2.10. The fraction of sp³-hybridized carbons (Fsp3) is 0.400. The van der Waals surface area contributed by atoms with E-state index >= 15 is 0 Å². The van der Waals surface area contributed by atoms with Crippen LogP contribution in [0.3, 0.4) is 0 Å². The first-order chi connectivity index (χ1) is 9.72. The molecule has 1 heterocycles. The standard InChI is InChI=1S/C15H22N4O/c1-3-19-15(14(16)12(2)18-19)17-10-7-11-20-13-8-5-4-6-9-13/h4-6,8-9,17H,3,7,10-11,16H2,1-2H3. The third-order valence-corrected chi connectivity index (χ3v) is 3.10. The van der Waals surface area contributed by atoms with E-state index in [0.29, 0.717) is 6.61 Å². The number of nitrogens with zero attached hydrogens (tertiary/aromatic N) is 2. The summed E-state index contributed by atoms with van der Waals surface area (Å²) in [5, 5.41) is 7.71. The molecule has 0 amide bonds. The maximum Gasteiger partial charge on any atom is 0.148 e. The Labute approximate surface area is 119 Å². The Morgan fingerprint density at radius 3 is 2.75 bits per heavy atom. The summed E-state index contributed by atoms with van der Waals surface area (Å²) < 4.78 is 7.53. The van der Waals surface area contributed by atoms with E-state index in [2.05, 4.69) is 17.3 Å². The third-order valence-electron chi connectivity index (χ3n) is 3.10. The lowest BCUT2D eigenvalue weighted by molar-refractivity contribution is 0.315. The van der Waals surface area contributed by atoms with Gasteiger partial charge in [0.05, 0.1) is 18.0 Å². The van der Waals surface area contributed by atoms with Gasteiger partial charge in [-0.2, -0.15) is 5.10 Å². The summed E-state index contributed by atoms with van der Waals surface area (Å²) in [6.07, 6.45) is 0.905. The van der Waals surface area contributed by atoms with Crippen LogP contribution in [-0.4, -0.2) is 22.9 Å². The predicted molar refractivity (Wildman–Crippen MR) is 82.1 cm³/mol. The third kappa shape index (κ3) is 3.44. The molecule has 5 heteroatoms. The molecule has 2 rings (SSSR count). The second-order valence-electron chi connectivity index (χ2n) is 4.61. The molecule has 0 aliphatic rings. The van der Waals surface area contributed by atoms with Gasteiger partial charge in [0.2, 0.25) is 0 Å². The molecule has 0 atom stereocenters. The van der Waals surface area contributed by atoms with E-state index in [1.165, 1.54) is 0 Å². The minimum absolute atomic E-state index is 0.677. The van der Waals surface area contributed by atoms with E-state index in [4.69, 9.17) is 10.5 Å². The maximum absolute atomic E-state index is 6.01. The van der Waals surface area contributed by atoms with Crippen molar-refractivity contribution in [2.75, 3.05) is 24.2 Å². The maximum atomic E-state index is 6.01. The zero-order valence-electron chi connectivity index (χ0n) is 12.1. The molecular weight excluding hydrogens is 252 g/mol. The summed E-state index contributed by atoms with van der Waals surface area (Å²) >= 11 is 0. The number of anilines is 2. The van der Waals surface area contributed by atoms with E-state index in [0.717, 1.165) is 42.5 Å². The van der Waals surface area contributed by atoms with Crippen LogP contribution < -0.4 is 15.8 Å². The molecule has 0 bridgehead atoms. The molecule has 108 valence electrons.